The quantitative estimate of drug-likeness (QED) is 0.302. The number of carbonyl (C=O) groups excluding carboxylic acids is 2. The summed E-state index contributed by atoms with van der Waals surface area (Å²) in [4.78, 5) is 33.9. The Bertz CT molecular complexity index is 1730. The molecule has 1 aliphatic carbocycles. The van der Waals surface area contributed by atoms with Gasteiger partial charge in [0.05, 0.1) is 30.5 Å². The zero-order valence-electron chi connectivity index (χ0n) is 23.5. The third-order valence-electron chi connectivity index (χ3n) is 8.90. The number of aromatic nitrogens is 3. The van der Waals surface area contributed by atoms with Crippen LogP contribution in [0, 0.1) is 17.6 Å². The summed E-state index contributed by atoms with van der Waals surface area (Å²) in [6, 6.07) is 13.8. The van der Waals surface area contributed by atoms with Gasteiger partial charge in [0.25, 0.3) is 5.91 Å². The zero-order chi connectivity index (χ0) is 29.1. The van der Waals surface area contributed by atoms with E-state index in [2.05, 4.69) is 22.2 Å². The number of ether oxygens (including phenoxy) is 1. The number of anilines is 1. The van der Waals surface area contributed by atoms with Gasteiger partial charge in [-0.3, -0.25) is 9.59 Å². The van der Waals surface area contributed by atoms with Crippen LogP contribution in [-0.4, -0.2) is 58.1 Å². The second-order valence-corrected chi connectivity index (χ2v) is 11.5. The van der Waals surface area contributed by atoms with Gasteiger partial charge in [0.1, 0.15) is 17.3 Å². The number of esters is 1. The van der Waals surface area contributed by atoms with E-state index in [1.54, 1.807) is 15.5 Å². The Morgan fingerprint density at radius 2 is 1.81 bits per heavy atom. The first-order chi connectivity index (χ1) is 20.3. The van der Waals surface area contributed by atoms with Crippen molar-refractivity contribution in [2.75, 3.05) is 31.6 Å². The fourth-order valence-electron chi connectivity index (χ4n) is 6.42. The van der Waals surface area contributed by atoms with Gasteiger partial charge in [-0.15, -0.1) is 0 Å². The lowest BCUT2D eigenvalue weighted by Crippen LogP contribution is -2.39. The van der Waals surface area contributed by atoms with Crippen molar-refractivity contribution >= 4 is 23.2 Å². The largest absolute Gasteiger partial charge is 0.469 e. The molecule has 10 heteroatoms. The average Bonchev–Trinajstić information content (AvgIpc) is 3.56. The van der Waals surface area contributed by atoms with Gasteiger partial charge in [0, 0.05) is 48.9 Å². The van der Waals surface area contributed by atoms with Gasteiger partial charge in [0.15, 0.2) is 5.65 Å². The maximum absolute atomic E-state index is 15.5. The first kappa shape index (κ1) is 26.6. The van der Waals surface area contributed by atoms with E-state index >= 15 is 8.78 Å². The molecule has 0 unspecified atom stereocenters. The summed E-state index contributed by atoms with van der Waals surface area (Å²) in [6.07, 6.45) is 3.23. The summed E-state index contributed by atoms with van der Waals surface area (Å²) in [5.41, 5.74) is 4.36. The number of fused-ring (bicyclic) bond motifs is 2. The molecule has 0 N–H and O–H groups in total. The maximum Gasteiger partial charge on any atom is 0.310 e. The number of amides is 1. The first-order valence-electron chi connectivity index (χ1n) is 14.4. The highest BCUT2D eigenvalue weighted by Gasteiger charge is 2.34. The van der Waals surface area contributed by atoms with Crippen LogP contribution in [0.3, 0.4) is 0 Å². The zero-order valence-corrected chi connectivity index (χ0v) is 23.5. The van der Waals surface area contributed by atoms with E-state index < -0.39 is 11.6 Å². The molecule has 42 heavy (non-hydrogen) atoms. The summed E-state index contributed by atoms with van der Waals surface area (Å²) in [6.45, 7) is 3.33. The number of rotatable bonds is 5. The molecule has 7 rings (SSSR count). The molecule has 0 spiro atoms. The third kappa shape index (κ3) is 4.49. The van der Waals surface area contributed by atoms with Crippen molar-refractivity contribution in [1.82, 2.24) is 19.5 Å². The number of carbonyl (C=O) groups is 2. The summed E-state index contributed by atoms with van der Waals surface area (Å²) < 4.78 is 37.3. The van der Waals surface area contributed by atoms with Crippen LogP contribution < -0.4 is 4.90 Å². The summed E-state index contributed by atoms with van der Waals surface area (Å²) in [5, 5.41) is 4.63. The molecule has 4 aromatic rings. The highest BCUT2D eigenvalue weighted by Crippen LogP contribution is 2.41. The van der Waals surface area contributed by atoms with E-state index in [9.17, 15) is 9.59 Å². The van der Waals surface area contributed by atoms with Crippen molar-refractivity contribution in [3.8, 4) is 11.3 Å². The molecule has 1 saturated heterocycles. The molecule has 3 aliphatic rings. The van der Waals surface area contributed by atoms with E-state index in [0.29, 0.717) is 30.9 Å². The van der Waals surface area contributed by atoms with Gasteiger partial charge >= 0.3 is 5.97 Å². The van der Waals surface area contributed by atoms with Gasteiger partial charge in [-0.1, -0.05) is 24.3 Å². The van der Waals surface area contributed by atoms with Crippen LogP contribution in [0.15, 0.2) is 48.5 Å². The molecule has 2 aromatic carbocycles. The average molecular weight is 572 g/mol. The van der Waals surface area contributed by atoms with E-state index in [1.807, 2.05) is 30.0 Å². The number of nitrogens with zero attached hydrogens (tertiary/aromatic N) is 5. The SMILES string of the molecule is COC(=O)[C@H]1CCN(c2cc(F)c(-c3cc4nc(C(=O)N5CCc6ccccc6[C@H]5C)cc(C5CC5)n4n3)cc2F)C1. The minimum Gasteiger partial charge on any atom is -0.469 e. The number of hydrogen-bond acceptors (Lipinski definition) is 6. The number of benzene rings is 2. The Balaban J connectivity index is 1.21. The monoisotopic (exact) mass is 571 g/mol. The highest BCUT2D eigenvalue weighted by molar-refractivity contribution is 5.93. The molecule has 2 aliphatic heterocycles. The van der Waals surface area contributed by atoms with Crippen LogP contribution >= 0.6 is 0 Å². The number of hydrogen-bond donors (Lipinski definition) is 0. The van der Waals surface area contributed by atoms with Crippen LogP contribution in [-0.2, 0) is 16.0 Å². The Kier molecular flexibility index (Phi) is 6.44. The van der Waals surface area contributed by atoms with Crippen LogP contribution in [0.2, 0.25) is 0 Å². The lowest BCUT2D eigenvalue weighted by atomic mass is 9.93. The van der Waals surface area contributed by atoms with Gasteiger partial charge in [0.2, 0.25) is 0 Å². The molecule has 2 atom stereocenters. The molecule has 8 nitrogen and oxygen atoms in total. The minimum absolute atomic E-state index is 0.0151. The minimum atomic E-state index is -0.624. The Morgan fingerprint density at radius 1 is 1.00 bits per heavy atom. The van der Waals surface area contributed by atoms with Crippen molar-refractivity contribution in [3.05, 3.63) is 82.7 Å². The predicted molar refractivity (Wildman–Crippen MR) is 152 cm³/mol. The molecular weight excluding hydrogens is 540 g/mol. The van der Waals surface area contributed by atoms with Crippen LogP contribution in [0.1, 0.15) is 65.5 Å². The van der Waals surface area contributed by atoms with Crippen LogP contribution in [0.5, 0.6) is 0 Å². The fraction of sp³-hybridized carbons (Fsp3) is 0.375. The highest BCUT2D eigenvalue weighted by atomic mass is 19.1. The molecule has 1 saturated carbocycles. The molecule has 0 radical (unpaired) electrons. The van der Waals surface area contributed by atoms with Gasteiger partial charge in [-0.05, 0) is 55.9 Å². The molecule has 216 valence electrons. The standard InChI is InChI=1S/C32H31F2N5O3/c1-18-22-6-4-3-5-19(22)10-12-38(18)31(40)27-15-28(20-7-8-20)39-30(35-27)16-26(36-39)23-13-25(34)29(14-24(23)33)37-11-9-21(17-37)32(41)42-2/h3-6,13-16,18,20-21H,7-12,17H2,1-2H3/t18-,21+/m1/s1. The van der Waals surface area contributed by atoms with E-state index in [1.165, 1.54) is 12.7 Å². The summed E-state index contributed by atoms with van der Waals surface area (Å²) >= 11 is 0. The fourth-order valence-corrected chi connectivity index (χ4v) is 6.42. The van der Waals surface area contributed by atoms with Crippen molar-refractivity contribution in [3.63, 3.8) is 0 Å². The maximum atomic E-state index is 15.5. The van der Waals surface area contributed by atoms with E-state index in [0.717, 1.165) is 42.7 Å². The molecule has 2 aromatic heterocycles. The van der Waals surface area contributed by atoms with Gasteiger partial charge in [-0.2, -0.15) is 5.10 Å². The number of halogens is 2. The second-order valence-electron chi connectivity index (χ2n) is 11.5. The Labute approximate surface area is 241 Å². The van der Waals surface area contributed by atoms with Crippen molar-refractivity contribution in [2.45, 2.75) is 44.6 Å². The van der Waals surface area contributed by atoms with Crippen molar-refractivity contribution in [1.29, 1.82) is 0 Å². The molecule has 2 fully saturated rings. The van der Waals surface area contributed by atoms with Crippen LogP contribution in [0.4, 0.5) is 14.5 Å². The van der Waals surface area contributed by atoms with Gasteiger partial charge < -0.3 is 14.5 Å². The molecule has 1 amide bonds. The first-order valence-corrected chi connectivity index (χ1v) is 14.4. The topological polar surface area (TPSA) is 80.0 Å². The Hall–Kier alpha value is -4.34. The molecule has 0 bridgehead atoms. The van der Waals surface area contributed by atoms with Crippen molar-refractivity contribution in [2.24, 2.45) is 5.92 Å². The molecular formula is C32H31F2N5O3. The summed E-state index contributed by atoms with van der Waals surface area (Å²) in [7, 11) is 1.32. The van der Waals surface area contributed by atoms with Crippen LogP contribution in [0.25, 0.3) is 16.9 Å². The lowest BCUT2D eigenvalue weighted by Gasteiger charge is -2.35. The molecule has 4 heterocycles. The smallest absolute Gasteiger partial charge is 0.310 e. The number of methoxy groups -OCH3 is 1. The second kappa shape index (κ2) is 10.2. The summed E-state index contributed by atoms with van der Waals surface area (Å²) in [5.74, 6) is -1.86. The Morgan fingerprint density at radius 3 is 2.60 bits per heavy atom. The lowest BCUT2D eigenvalue weighted by molar-refractivity contribution is -0.144. The third-order valence-corrected chi connectivity index (χ3v) is 8.90. The van der Waals surface area contributed by atoms with E-state index in [-0.39, 0.29) is 53.2 Å². The van der Waals surface area contributed by atoms with E-state index in [4.69, 9.17) is 4.74 Å². The van der Waals surface area contributed by atoms with Gasteiger partial charge in [-0.25, -0.2) is 18.3 Å². The van der Waals surface area contributed by atoms with Crippen molar-refractivity contribution < 1.29 is 23.1 Å². The normalized spacial score (nSPS) is 20.2. The predicted octanol–water partition coefficient (Wildman–Crippen LogP) is 5.31.